The van der Waals surface area contributed by atoms with Gasteiger partial charge in [-0.2, -0.15) is 0 Å². The van der Waals surface area contributed by atoms with Crippen LogP contribution in [-0.4, -0.2) is 9.97 Å². The standard InChI is InChI=1S/C28H13ClN2O4/c29-17-7-3-6-14-20(17)27(34)16-9-11-19-24(22(16)28(14)35)31-18-10-8-15-21(23(18)30-19)26(33)13-5-2-1-4-12(13)25(15)32/h1-11,30-31H. The number of H-pyrrole nitrogens is 2. The van der Waals surface area contributed by atoms with Crippen LogP contribution in [0, 0.1) is 0 Å². The first-order valence-electron chi connectivity index (χ1n) is 10.9. The third-order valence-electron chi connectivity index (χ3n) is 6.78. The summed E-state index contributed by atoms with van der Waals surface area (Å²) in [7, 11) is 0. The Balaban J connectivity index is 1.72. The van der Waals surface area contributed by atoms with Crippen molar-refractivity contribution in [3.63, 3.8) is 0 Å². The molecule has 0 saturated carbocycles. The Labute approximate surface area is 199 Å². The van der Waals surface area contributed by atoms with Gasteiger partial charge in [0.05, 0.1) is 43.2 Å². The molecule has 0 aliphatic heterocycles. The Morgan fingerprint density at radius 2 is 0.914 bits per heavy atom. The van der Waals surface area contributed by atoms with Gasteiger partial charge in [-0.15, -0.1) is 0 Å². The molecule has 0 aliphatic carbocycles. The smallest absolute Gasteiger partial charge is 0.196 e. The molecule has 6 nitrogen and oxygen atoms in total. The fraction of sp³-hybridized carbons (Fsp3) is 0. The van der Waals surface area contributed by atoms with Crippen LogP contribution in [0.2, 0.25) is 5.02 Å². The fourth-order valence-electron chi connectivity index (χ4n) is 5.17. The quantitative estimate of drug-likeness (QED) is 0.243. The molecule has 0 radical (unpaired) electrons. The molecule has 0 aliphatic rings. The summed E-state index contributed by atoms with van der Waals surface area (Å²) in [5, 5.41) is 2.51. The first-order chi connectivity index (χ1) is 17.0. The summed E-state index contributed by atoms with van der Waals surface area (Å²) in [6.45, 7) is 0. The van der Waals surface area contributed by atoms with E-state index in [2.05, 4.69) is 9.97 Å². The predicted octanol–water partition coefficient (Wildman–Crippen LogP) is 4.79. The predicted molar refractivity (Wildman–Crippen MR) is 141 cm³/mol. The van der Waals surface area contributed by atoms with Gasteiger partial charge in [0, 0.05) is 26.9 Å². The molecule has 166 valence electrons. The Morgan fingerprint density at radius 1 is 0.457 bits per heavy atom. The molecule has 7 rings (SSSR count). The highest BCUT2D eigenvalue weighted by Crippen LogP contribution is 2.27. The van der Waals surface area contributed by atoms with Crippen molar-refractivity contribution in [1.82, 2.24) is 9.97 Å². The van der Waals surface area contributed by atoms with Crippen molar-refractivity contribution >= 4 is 76.8 Å². The normalized spacial score (nSPS) is 12.0. The number of aromatic nitrogens is 2. The molecule has 0 spiro atoms. The van der Waals surface area contributed by atoms with Crippen LogP contribution in [0.4, 0.5) is 0 Å². The lowest BCUT2D eigenvalue weighted by Gasteiger charge is -2.10. The largest absolute Gasteiger partial charge is 0.351 e. The maximum absolute atomic E-state index is 13.5. The number of hydrogen-bond acceptors (Lipinski definition) is 4. The van der Waals surface area contributed by atoms with Crippen molar-refractivity contribution in [3.8, 4) is 0 Å². The van der Waals surface area contributed by atoms with E-state index in [0.29, 0.717) is 38.2 Å². The average molecular weight is 477 g/mol. The van der Waals surface area contributed by atoms with Gasteiger partial charge in [0.25, 0.3) is 0 Å². The van der Waals surface area contributed by atoms with Crippen LogP contribution < -0.4 is 21.7 Å². The fourth-order valence-corrected chi connectivity index (χ4v) is 5.43. The van der Waals surface area contributed by atoms with Gasteiger partial charge in [0.2, 0.25) is 0 Å². The lowest BCUT2D eigenvalue weighted by molar-refractivity contribution is 1.41. The highest BCUT2D eigenvalue weighted by atomic mass is 35.5. The molecule has 7 aromatic rings. The van der Waals surface area contributed by atoms with E-state index in [4.69, 9.17) is 11.6 Å². The van der Waals surface area contributed by atoms with Crippen LogP contribution in [0.3, 0.4) is 0 Å². The second-order valence-electron chi connectivity index (χ2n) is 8.60. The first kappa shape index (κ1) is 19.9. The lowest BCUT2D eigenvalue weighted by Crippen LogP contribution is -2.15. The van der Waals surface area contributed by atoms with Gasteiger partial charge in [-0.1, -0.05) is 48.0 Å². The first-order valence-corrected chi connectivity index (χ1v) is 11.3. The summed E-state index contributed by atoms with van der Waals surface area (Å²) in [6, 6.07) is 18.1. The Hall–Kier alpha value is -4.55. The van der Waals surface area contributed by atoms with Crippen molar-refractivity contribution in [1.29, 1.82) is 0 Å². The van der Waals surface area contributed by atoms with E-state index in [0.717, 1.165) is 0 Å². The Morgan fingerprint density at radius 3 is 1.54 bits per heavy atom. The van der Waals surface area contributed by atoms with Crippen LogP contribution >= 0.6 is 11.6 Å². The Bertz CT molecular complexity index is 2320. The van der Waals surface area contributed by atoms with Crippen molar-refractivity contribution < 1.29 is 0 Å². The molecule has 1 heterocycles. The van der Waals surface area contributed by atoms with E-state index in [1.54, 1.807) is 66.7 Å². The summed E-state index contributed by atoms with van der Waals surface area (Å²) in [6.07, 6.45) is 0. The zero-order chi connectivity index (χ0) is 24.0. The minimum atomic E-state index is -0.321. The summed E-state index contributed by atoms with van der Waals surface area (Å²) in [5.74, 6) is 0. The molecule has 35 heavy (non-hydrogen) atoms. The van der Waals surface area contributed by atoms with Gasteiger partial charge < -0.3 is 9.97 Å². The van der Waals surface area contributed by atoms with Crippen LogP contribution in [0.1, 0.15) is 0 Å². The third kappa shape index (κ3) is 2.49. The monoisotopic (exact) mass is 476 g/mol. The zero-order valence-electron chi connectivity index (χ0n) is 17.9. The number of hydrogen-bond donors (Lipinski definition) is 2. The molecular weight excluding hydrogens is 464 g/mol. The third-order valence-corrected chi connectivity index (χ3v) is 7.09. The summed E-state index contributed by atoms with van der Waals surface area (Å²) in [4.78, 5) is 59.7. The minimum absolute atomic E-state index is 0.202. The summed E-state index contributed by atoms with van der Waals surface area (Å²) in [5.41, 5.74) is 0.846. The zero-order valence-corrected chi connectivity index (χ0v) is 18.6. The molecule has 0 unspecified atom stereocenters. The van der Waals surface area contributed by atoms with Crippen molar-refractivity contribution in [2.45, 2.75) is 0 Å². The van der Waals surface area contributed by atoms with Crippen LogP contribution in [0.5, 0.6) is 0 Å². The van der Waals surface area contributed by atoms with E-state index < -0.39 is 0 Å². The molecule has 2 N–H and O–H groups in total. The Kier molecular flexibility index (Phi) is 3.83. The number of halogens is 1. The van der Waals surface area contributed by atoms with Crippen molar-refractivity contribution in [2.24, 2.45) is 0 Å². The number of rotatable bonds is 0. The van der Waals surface area contributed by atoms with Gasteiger partial charge in [-0.25, -0.2) is 0 Å². The summed E-state index contributed by atoms with van der Waals surface area (Å²) >= 11 is 6.25. The molecular formula is C28H13ClN2O4. The van der Waals surface area contributed by atoms with E-state index in [-0.39, 0.29) is 53.7 Å². The maximum atomic E-state index is 13.5. The molecule has 1 aromatic heterocycles. The van der Waals surface area contributed by atoms with E-state index >= 15 is 0 Å². The van der Waals surface area contributed by atoms with E-state index in [1.165, 1.54) is 0 Å². The molecule has 6 aromatic carbocycles. The SMILES string of the molecule is O=c1c2ccccc2c(=O)c2c1ccc1[nH]c3c(ccc4c(=O)c5c(Cl)cccc5c(=O)c43)[nH]c12. The maximum Gasteiger partial charge on any atom is 0.196 e. The van der Waals surface area contributed by atoms with Gasteiger partial charge >= 0.3 is 0 Å². The highest BCUT2D eigenvalue weighted by molar-refractivity contribution is 6.36. The lowest BCUT2D eigenvalue weighted by atomic mass is 9.99. The molecule has 0 bridgehead atoms. The second kappa shape index (κ2) is 6.74. The second-order valence-corrected chi connectivity index (χ2v) is 9.00. The molecule has 0 saturated heterocycles. The minimum Gasteiger partial charge on any atom is -0.351 e. The number of fused-ring (bicyclic) bond motifs is 8. The van der Waals surface area contributed by atoms with E-state index in [9.17, 15) is 19.2 Å². The number of benzene rings is 6. The van der Waals surface area contributed by atoms with Gasteiger partial charge in [0.1, 0.15) is 0 Å². The van der Waals surface area contributed by atoms with Crippen LogP contribution in [-0.2, 0) is 0 Å². The van der Waals surface area contributed by atoms with E-state index in [1.807, 2.05) is 0 Å². The van der Waals surface area contributed by atoms with Crippen LogP contribution in [0.15, 0.2) is 85.9 Å². The highest BCUT2D eigenvalue weighted by Gasteiger charge is 2.18. The van der Waals surface area contributed by atoms with Gasteiger partial charge in [-0.3, -0.25) is 19.2 Å². The van der Waals surface area contributed by atoms with Crippen molar-refractivity contribution in [3.05, 3.63) is 113 Å². The average Bonchev–Trinajstić information content (AvgIpc) is 2.88. The van der Waals surface area contributed by atoms with Gasteiger partial charge in [-0.05, 0) is 30.3 Å². The number of aromatic amines is 2. The van der Waals surface area contributed by atoms with Crippen molar-refractivity contribution in [2.75, 3.05) is 0 Å². The topological polar surface area (TPSA) is 99.9 Å². The van der Waals surface area contributed by atoms with Gasteiger partial charge in [0.15, 0.2) is 21.7 Å². The molecule has 0 atom stereocenters. The van der Waals surface area contributed by atoms with Crippen LogP contribution in [0.25, 0.3) is 65.2 Å². The number of nitrogens with one attached hydrogen (secondary N) is 2. The molecule has 7 heteroatoms. The molecule has 0 amide bonds. The summed E-state index contributed by atoms with van der Waals surface area (Å²) < 4.78 is 0. The molecule has 0 fully saturated rings.